The van der Waals surface area contributed by atoms with Gasteiger partial charge in [0.15, 0.2) is 0 Å². The zero-order valence-corrected chi connectivity index (χ0v) is 12.2. The van der Waals surface area contributed by atoms with E-state index in [-0.39, 0.29) is 6.61 Å². The lowest BCUT2D eigenvalue weighted by atomic mass is 10.1. The van der Waals surface area contributed by atoms with Crippen LogP contribution in [0.25, 0.3) is 0 Å². The van der Waals surface area contributed by atoms with E-state index in [9.17, 15) is 5.11 Å². The van der Waals surface area contributed by atoms with Gasteiger partial charge in [-0.3, -0.25) is 0 Å². The highest BCUT2D eigenvalue weighted by atomic mass is 16.3. The van der Waals surface area contributed by atoms with E-state index in [1.165, 1.54) is 11.1 Å². The molecule has 0 fully saturated rings. The lowest BCUT2D eigenvalue weighted by molar-refractivity contribution is 0.302. The average Bonchev–Trinajstić information content (AvgIpc) is 2.37. The van der Waals surface area contributed by atoms with E-state index in [0.717, 1.165) is 24.6 Å². The first-order valence-corrected chi connectivity index (χ1v) is 6.78. The molecule has 0 bridgehead atoms. The van der Waals surface area contributed by atoms with E-state index >= 15 is 0 Å². The second-order valence-electron chi connectivity index (χ2n) is 4.62. The molecule has 0 spiro atoms. The first-order valence-electron chi connectivity index (χ1n) is 6.78. The summed E-state index contributed by atoms with van der Waals surface area (Å²) in [5.41, 5.74) is 3.43. The van der Waals surface area contributed by atoms with Crippen molar-refractivity contribution < 1.29 is 5.11 Å². The van der Waals surface area contributed by atoms with Crippen LogP contribution in [-0.2, 0) is 6.54 Å². The minimum atomic E-state index is 0.114. The Morgan fingerprint density at radius 2 is 2.21 bits per heavy atom. The number of rotatable bonds is 8. The number of hydrogen-bond acceptors (Lipinski definition) is 4. The molecule has 106 valence electrons. The van der Waals surface area contributed by atoms with Crippen molar-refractivity contribution >= 4 is 5.82 Å². The third-order valence-corrected chi connectivity index (χ3v) is 3.02. The highest BCUT2D eigenvalue weighted by molar-refractivity contribution is 5.52. The minimum absolute atomic E-state index is 0.114. The highest BCUT2D eigenvalue weighted by Crippen LogP contribution is 2.22. The number of nitrogens with one attached hydrogen (secondary N) is 1. The number of nitrogens with zero attached hydrogens (tertiary/aromatic N) is 2. The van der Waals surface area contributed by atoms with Crippen LogP contribution < -0.4 is 10.2 Å². The summed E-state index contributed by atoms with van der Waals surface area (Å²) in [7, 11) is 0. The summed E-state index contributed by atoms with van der Waals surface area (Å²) in [5.74, 6) is 0.951. The fraction of sp³-hybridized carbons (Fsp3) is 0.533. The SMILES string of the molecule is C=CCN(CCO)c1nc(C)cc(C)c1CNCC. The van der Waals surface area contributed by atoms with Crippen LogP contribution in [0.2, 0.25) is 0 Å². The summed E-state index contributed by atoms with van der Waals surface area (Å²) in [4.78, 5) is 6.72. The molecule has 0 saturated heterocycles. The van der Waals surface area contributed by atoms with Crippen molar-refractivity contribution in [3.63, 3.8) is 0 Å². The molecular weight excluding hydrogens is 238 g/mol. The van der Waals surface area contributed by atoms with Gasteiger partial charge in [-0.1, -0.05) is 13.0 Å². The summed E-state index contributed by atoms with van der Waals surface area (Å²) in [6.07, 6.45) is 1.84. The molecule has 0 aliphatic carbocycles. The molecule has 0 saturated carbocycles. The standard InChI is InChI=1S/C15H25N3O/c1-5-7-18(8-9-19)15-14(11-16-6-2)12(3)10-13(4)17-15/h5,10,16,19H,1,6-9,11H2,2-4H3. The number of aliphatic hydroxyl groups excluding tert-OH is 1. The van der Waals surface area contributed by atoms with Crippen molar-refractivity contribution in [2.45, 2.75) is 27.3 Å². The molecule has 1 rings (SSSR count). The van der Waals surface area contributed by atoms with Crippen molar-refractivity contribution in [3.05, 3.63) is 35.5 Å². The second-order valence-corrected chi connectivity index (χ2v) is 4.62. The smallest absolute Gasteiger partial charge is 0.133 e. The largest absolute Gasteiger partial charge is 0.395 e. The van der Waals surface area contributed by atoms with Gasteiger partial charge in [-0.25, -0.2) is 4.98 Å². The predicted molar refractivity (Wildman–Crippen MR) is 80.6 cm³/mol. The number of pyridine rings is 1. The average molecular weight is 263 g/mol. The van der Waals surface area contributed by atoms with Gasteiger partial charge in [-0.15, -0.1) is 6.58 Å². The fourth-order valence-corrected chi connectivity index (χ4v) is 2.13. The first kappa shape index (κ1) is 15.7. The monoisotopic (exact) mass is 263 g/mol. The lowest BCUT2D eigenvalue weighted by Gasteiger charge is -2.25. The fourth-order valence-electron chi connectivity index (χ4n) is 2.13. The second kappa shape index (κ2) is 7.92. The molecule has 0 aliphatic heterocycles. The Balaban J connectivity index is 3.15. The summed E-state index contributed by atoms with van der Waals surface area (Å²) in [6, 6.07) is 2.10. The molecule has 4 nitrogen and oxygen atoms in total. The van der Waals surface area contributed by atoms with E-state index in [1.54, 1.807) is 0 Å². The van der Waals surface area contributed by atoms with Crippen molar-refractivity contribution in [2.75, 3.05) is 31.1 Å². The minimum Gasteiger partial charge on any atom is -0.395 e. The van der Waals surface area contributed by atoms with Crippen LogP contribution in [-0.4, -0.2) is 36.3 Å². The predicted octanol–water partition coefficient (Wildman–Crippen LogP) is 1.79. The molecular formula is C15H25N3O. The molecule has 0 unspecified atom stereocenters. The van der Waals surface area contributed by atoms with E-state index in [1.807, 2.05) is 13.0 Å². The quantitative estimate of drug-likeness (QED) is 0.702. The van der Waals surface area contributed by atoms with Gasteiger partial charge in [-0.2, -0.15) is 0 Å². The molecule has 1 heterocycles. The maximum absolute atomic E-state index is 9.21. The van der Waals surface area contributed by atoms with Crippen molar-refractivity contribution in [3.8, 4) is 0 Å². The third kappa shape index (κ3) is 4.33. The van der Waals surface area contributed by atoms with Gasteiger partial charge in [-0.05, 0) is 32.0 Å². The van der Waals surface area contributed by atoms with Crippen molar-refractivity contribution in [1.29, 1.82) is 0 Å². The molecule has 0 amide bonds. The van der Waals surface area contributed by atoms with Crippen LogP contribution >= 0.6 is 0 Å². The van der Waals surface area contributed by atoms with E-state index < -0.39 is 0 Å². The van der Waals surface area contributed by atoms with Gasteiger partial charge >= 0.3 is 0 Å². The van der Waals surface area contributed by atoms with Crippen LogP contribution in [0, 0.1) is 13.8 Å². The summed E-state index contributed by atoms with van der Waals surface area (Å²) >= 11 is 0. The highest BCUT2D eigenvalue weighted by Gasteiger charge is 2.14. The Hall–Kier alpha value is -1.39. The molecule has 0 aliphatic rings. The number of aryl methyl sites for hydroxylation is 2. The Morgan fingerprint density at radius 3 is 2.79 bits per heavy atom. The van der Waals surface area contributed by atoms with Crippen LogP contribution in [0.4, 0.5) is 5.82 Å². The number of anilines is 1. The molecule has 0 radical (unpaired) electrons. The zero-order chi connectivity index (χ0) is 14.3. The first-order chi connectivity index (χ1) is 9.13. The topological polar surface area (TPSA) is 48.4 Å². The number of aromatic nitrogens is 1. The summed E-state index contributed by atoms with van der Waals surface area (Å²) < 4.78 is 0. The molecule has 1 aromatic heterocycles. The van der Waals surface area contributed by atoms with Gasteiger partial charge < -0.3 is 15.3 Å². The molecule has 19 heavy (non-hydrogen) atoms. The van der Waals surface area contributed by atoms with Crippen molar-refractivity contribution in [1.82, 2.24) is 10.3 Å². The van der Waals surface area contributed by atoms with Gasteiger partial charge in [0.2, 0.25) is 0 Å². The third-order valence-electron chi connectivity index (χ3n) is 3.02. The normalized spacial score (nSPS) is 10.5. The Bertz CT molecular complexity index is 418. The summed E-state index contributed by atoms with van der Waals surface area (Å²) in [6.45, 7) is 13.1. The maximum atomic E-state index is 9.21. The lowest BCUT2D eigenvalue weighted by Crippen LogP contribution is -2.30. The molecule has 1 aromatic rings. The maximum Gasteiger partial charge on any atom is 0.133 e. The number of hydrogen-bond donors (Lipinski definition) is 2. The van der Waals surface area contributed by atoms with Gasteiger partial charge in [0.25, 0.3) is 0 Å². The molecule has 0 atom stereocenters. The van der Waals surface area contributed by atoms with Gasteiger partial charge in [0, 0.05) is 30.9 Å². The van der Waals surface area contributed by atoms with E-state index in [2.05, 4.69) is 41.7 Å². The number of aliphatic hydroxyl groups is 1. The Morgan fingerprint density at radius 1 is 1.47 bits per heavy atom. The van der Waals surface area contributed by atoms with Crippen LogP contribution in [0.1, 0.15) is 23.7 Å². The van der Waals surface area contributed by atoms with Crippen LogP contribution in [0.5, 0.6) is 0 Å². The summed E-state index contributed by atoms with van der Waals surface area (Å²) in [5, 5.41) is 12.6. The van der Waals surface area contributed by atoms with E-state index in [4.69, 9.17) is 0 Å². The zero-order valence-electron chi connectivity index (χ0n) is 12.2. The van der Waals surface area contributed by atoms with Crippen molar-refractivity contribution in [2.24, 2.45) is 0 Å². The van der Waals surface area contributed by atoms with Crippen LogP contribution in [0.3, 0.4) is 0 Å². The molecule has 0 aromatic carbocycles. The van der Waals surface area contributed by atoms with Gasteiger partial charge in [0.05, 0.1) is 6.61 Å². The van der Waals surface area contributed by atoms with Gasteiger partial charge in [0.1, 0.15) is 5.82 Å². The Kier molecular flexibility index (Phi) is 6.53. The Labute approximate surface area is 116 Å². The molecule has 4 heteroatoms. The van der Waals surface area contributed by atoms with E-state index in [0.29, 0.717) is 13.1 Å². The van der Waals surface area contributed by atoms with Crippen LogP contribution in [0.15, 0.2) is 18.7 Å². The molecule has 2 N–H and O–H groups in total.